The Balaban J connectivity index is 0.000000250. The van der Waals surface area contributed by atoms with Gasteiger partial charge < -0.3 is 4.98 Å². The summed E-state index contributed by atoms with van der Waals surface area (Å²) in [5.74, 6) is 0. The minimum Gasteiger partial charge on any atom is -0.351 e. The number of H-pyrrole nitrogens is 1. The molecular weight excluding hydrogens is 96.1 g/mol. The number of rotatable bonds is 0. The number of nitrogens with zero attached hydrogens (tertiary/aromatic N) is 1. The summed E-state index contributed by atoms with van der Waals surface area (Å²) < 4.78 is 0. The van der Waals surface area contributed by atoms with Crippen molar-refractivity contribution in [3.63, 3.8) is 0 Å². The summed E-state index contributed by atoms with van der Waals surface area (Å²) in [6.07, 6.45) is 5.08. The van der Waals surface area contributed by atoms with Crippen molar-refractivity contribution in [3.05, 3.63) is 18.7 Å². The van der Waals surface area contributed by atoms with Crippen LogP contribution in [0.25, 0.3) is 0 Å². The van der Waals surface area contributed by atoms with E-state index in [1.807, 2.05) is 0 Å². The van der Waals surface area contributed by atoms with E-state index in [0.29, 0.717) is 0 Å². The zero-order valence-corrected chi connectivity index (χ0v) is 4.18. The zero-order chi connectivity index (χ0) is 3.54. The fourth-order valence-corrected chi connectivity index (χ4v) is 0.215. The molecule has 0 saturated carbocycles. The van der Waals surface area contributed by atoms with E-state index in [1.165, 1.54) is 0 Å². The second-order valence-electron chi connectivity index (χ2n) is 0.761. The van der Waals surface area contributed by atoms with Crippen LogP contribution in [-0.2, 0) is 0 Å². The highest BCUT2D eigenvalue weighted by Gasteiger charge is 1.56. The number of aromatic nitrogens is 2. The lowest BCUT2D eigenvalue weighted by atomic mass is 11.0. The van der Waals surface area contributed by atoms with Crippen LogP contribution in [0.1, 0.15) is 0 Å². The fraction of sp³-hybridized carbons (Fsp3) is 0. The summed E-state index contributed by atoms with van der Waals surface area (Å²) in [6.45, 7) is 0. The number of imidazole rings is 1. The molecule has 0 bridgehead atoms. The summed E-state index contributed by atoms with van der Waals surface area (Å²) in [4.78, 5) is 6.42. The van der Waals surface area contributed by atoms with Gasteiger partial charge in [-0.2, -0.15) is 13.5 Å². The van der Waals surface area contributed by atoms with Crippen molar-refractivity contribution in [1.82, 2.24) is 9.97 Å². The zero-order valence-electron chi connectivity index (χ0n) is 3.18. The van der Waals surface area contributed by atoms with Gasteiger partial charge in [0.1, 0.15) is 0 Å². The Labute approximate surface area is 43.1 Å². The minimum atomic E-state index is 0. The van der Waals surface area contributed by atoms with E-state index < -0.39 is 0 Å². The maximum atomic E-state index is 3.67. The standard InChI is InChI=1S/C3H4N2.H2S/c1-2-5-3-4-1;/h1-3H,(H,4,5);1H2. The van der Waals surface area contributed by atoms with Gasteiger partial charge in [0.05, 0.1) is 6.33 Å². The minimum absolute atomic E-state index is 0. The molecule has 0 spiro atoms. The Bertz CT molecular complexity index is 65.3. The third kappa shape index (κ3) is 1.12. The molecular formula is C3H6N2S. The molecule has 0 aliphatic heterocycles. The van der Waals surface area contributed by atoms with Crippen molar-refractivity contribution in [1.29, 1.82) is 0 Å². The predicted molar refractivity (Wildman–Crippen MR) is 29.0 cm³/mol. The Morgan fingerprint density at radius 1 is 1.50 bits per heavy atom. The Morgan fingerprint density at radius 3 is 2.50 bits per heavy atom. The average Bonchev–Trinajstić information content (AvgIpc) is 1.76. The molecule has 0 saturated heterocycles. The van der Waals surface area contributed by atoms with Crippen LogP contribution in [0.4, 0.5) is 0 Å². The Kier molecular flexibility index (Phi) is 2.58. The lowest BCUT2D eigenvalue weighted by molar-refractivity contribution is 1.31. The van der Waals surface area contributed by atoms with E-state index in [-0.39, 0.29) is 13.5 Å². The highest BCUT2D eigenvalue weighted by Crippen LogP contribution is 1.62. The molecule has 2 nitrogen and oxygen atoms in total. The van der Waals surface area contributed by atoms with Crippen LogP contribution >= 0.6 is 13.5 Å². The van der Waals surface area contributed by atoms with E-state index in [1.54, 1.807) is 18.7 Å². The van der Waals surface area contributed by atoms with Crippen LogP contribution in [0, 0.1) is 0 Å². The van der Waals surface area contributed by atoms with Crippen LogP contribution in [-0.4, -0.2) is 9.97 Å². The van der Waals surface area contributed by atoms with Crippen molar-refractivity contribution >= 4 is 13.5 Å². The lowest BCUT2D eigenvalue weighted by Crippen LogP contribution is -1.44. The van der Waals surface area contributed by atoms with Crippen LogP contribution in [0.3, 0.4) is 0 Å². The smallest absolute Gasteiger partial charge is 0.0919 e. The van der Waals surface area contributed by atoms with E-state index >= 15 is 0 Å². The van der Waals surface area contributed by atoms with Gasteiger partial charge in [-0.05, 0) is 0 Å². The Hall–Kier alpha value is -0.440. The molecule has 1 rings (SSSR count). The molecule has 0 amide bonds. The van der Waals surface area contributed by atoms with Crippen molar-refractivity contribution in [3.8, 4) is 0 Å². The van der Waals surface area contributed by atoms with Crippen molar-refractivity contribution in [2.24, 2.45) is 0 Å². The first-order valence-electron chi connectivity index (χ1n) is 1.43. The average molecular weight is 102 g/mol. The molecule has 1 aromatic heterocycles. The van der Waals surface area contributed by atoms with Crippen molar-refractivity contribution in [2.75, 3.05) is 0 Å². The van der Waals surface area contributed by atoms with Crippen LogP contribution in [0.5, 0.6) is 0 Å². The summed E-state index contributed by atoms with van der Waals surface area (Å²) in [6, 6.07) is 0. The normalized spacial score (nSPS) is 6.67. The van der Waals surface area contributed by atoms with Crippen LogP contribution < -0.4 is 0 Å². The number of hydrogen-bond donors (Lipinski definition) is 1. The molecule has 1 N–H and O–H groups in total. The van der Waals surface area contributed by atoms with Gasteiger partial charge in [0.15, 0.2) is 0 Å². The first-order valence-corrected chi connectivity index (χ1v) is 1.43. The molecule has 6 heavy (non-hydrogen) atoms. The van der Waals surface area contributed by atoms with E-state index in [4.69, 9.17) is 0 Å². The van der Waals surface area contributed by atoms with Gasteiger partial charge in [0.25, 0.3) is 0 Å². The van der Waals surface area contributed by atoms with E-state index in [9.17, 15) is 0 Å². The third-order valence-electron chi connectivity index (χ3n) is 0.406. The number of nitrogens with one attached hydrogen (secondary N) is 1. The number of hydrogen-bond acceptors (Lipinski definition) is 1. The molecule has 0 aliphatic carbocycles. The molecule has 1 aromatic rings. The van der Waals surface area contributed by atoms with Gasteiger partial charge in [0.2, 0.25) is 0 Å². The van der Waals surface area contributed by atoms with Gasteiger partial charge in [-0.1, -0.05) is 0 Å². The number of aromatic amines is 1. The van der Waals surface area contributed by atoms with Gasteiger partial charge in [-0.15, -0.1) is 0 Å². The summed E-state index contributed by atoms with van der Waals surface area (Å²) in [7, 11) is 0. The van der Waals surface area contributed by atoms with Gasteiger partial charge in [0, 0.05) is 12.4 Å². The fourth-order valence-electron chi connectivity index (χ4n) is 0.215. The topological polar surface area (TPSA) is 28.7 Å². The monoisotopic (exact) mass is 102 g/mol. The van der Waals surface area contributed by atoms with E-state index in [0.717, 1.165) is 0 Å². The van der Waals surface area contributed by atoms with Crippen LogP contribution in [0.2, 0.25) is 0 Å². The first kappa shape index (κ1) is 5.56. The van der Waals surface area contributed by atoms with Crippen LogP contribution in [0.15, 0.2) is 18.7 Å². The highest BCUT2D eigenvalue weighted by atomic mass is 32.1. The molecule has 1 heterocycles. The maximum Gasteiger partial charge on any atom is 0.0919 e. The molecule has 0 atom stereocenters. The summed E-state index contributed by atoms with van der Waals surface area (Å²) in [5, 5.41) is 0. The molecule has 3 heteroatoms. The SMILES string of the molecule is S.c1c[nH]cn1. The summed E-state index contributed by atoms with van der Waals surface area (Å²) in [5.41, 5.74) is 0. The molecule has 0 aromatic carbocycles. The lowest BCUT2D eigenvalue weighted by Gasteiger charge is -1.46. The van der Waals surface area contributed by atoms with E-state index in [2.05, 4.69) is 9.97 Å². The van der Waals surface area contributed by atoms with Gasteiger partial charge in [-0.25, -0.2) is 4.98 Å². The molecule has 0 unspecified atom stereocenters. The van der Waals surface area contributed by atoms with Gasteiger partial charge in [-0.3, -0.25) is 0 Å². The Morgan fingerprint density at radius 2 is 2.33 bits per heavy atom. The molecule has 0 radical (unpaired) electrons. The van der Waals surface area contributed by atoms with Gasteiger partial charge >= 0.3 is 0 Å². The molecule has 0 aliphatic rings. The van der Waals surface area contributed by atoms with Crippen molar-refractivity contribution in [2.45, 2.75) is 0 Å². The largest absolute Gasteiger partial charge is 0.351 e. The molecule has 34 valence electrons. The quantitative estimate of drug-likeness (QED) is 0.508. The maximum absolute atomic E-state index is 3.67. The third-order valence-corrected chi connectivity index (χ3v) is 0.406. The predicted octanol–water partition coefficient (Wildman–Crippen LogP) is 0.523. The molecule has 0 fully saturated rings. The second kappa shape index (κ2) is 2.78. The summed E-state index contributed by atoms with van der Waals surface area (Å²) >= 11 is 0. The first-order chi connectivity index (χ1) is 2.50. The second-order valence-corrected chi connectivity index (χ2v) is 0.761. The van der Waals surface area contributed by atoms with Crippen molar-refractivity contribution < 1.29 is 0 Å². The highest BCUT2D eigenvalue weighted by molar-refractivity contribution is 7.59.